The second-order valence-electron chi connectivity index (χ2n) is 5.72. The number of carbonyl (C=O) groups excluding carboxylic acids is 2. The maximum atomic E-state index is 12.1. The maximum Gasteiger partial charge on any atom is 0.409 e. The number of amides is 2. The number of alkyl halides is 2. The summed E-state index contributed by atoms with van der Waals surface area (Å²) in [4.78, 5) is 25.2. The second kappa shape index (κ2) is 9.19. The van der Waals surface area contributed by atoms with Crippen LogP contribution >= 0.6 is 0 Å². The first kappa shape index (κ1) is 19.0. The molecule has 1 atom stereocenters. The van der Waals surface area contributed by atoms with Gasteiger partial charge in [0.25, 0.3) is 0 Å². The number of hydrogen-bond donors (Lipinski definition) is 1. The van der Waals surface area contributed by atoms with Gasteiger partial charge in [-0.05, 0) is 37.5 Å². The Hall–Kier alpha value is -2.38. The van der Waals surface area contributed by atoms with Gasteiger partial charge in [-0.25, -0.2) is 4.79 Å². The molecule has 6 nitrogen and oxygen atoms in total. The number of aryl methyl sites for hydroxylation is 1. The Bertz CT molecular complexity index is 581. The summed E-state index contributed by atoms with van der Waals surface area (Å²) >= 11 is 0. The highest BCUT2D eigenvalue weighted by Gasteiger charge is 2.27. The first-order valence-corrected chi connectivity index (χ1v) is 8.22. The van der Waals surface area contributed by atoms with Crippen molar-refractivity contribution in [2.75, 3.05) is 19.7 Å². The van der Waals surface area contributed by atoms with Gasteiger partial charge in [0.15, 0.2) is 0 Å². The van der Waals surface area contributed by atoms with E-state index in [9.17, 15) is 18.4 Å². The van der Waals surface area contributed by atoms with Crippen molar-refractivity contribution in [1.82, 2.24) is 10.2 Å². The second-order valence-corrected chi connectivity index (χ2v) is 5.72. The molecule has 1 heterocycles. The van der Waals surface area contributed by atoms with Gasteiger partial charge in [0, 0.05) is 25.6 Å². The van der Waals surface area contributed by atoms with Crippen LogP contribution in [0.4, 0.5) is 13.6 Å². The monoisotopic (exact) mass is 356 g/mol. The highest BCUT2D eigenvalue weighted by atomic mass is 19.3. The number of halogens is 2. The van der Waals surface area contributed by atoms with E-state index in [1.165, 1.54) is 12.1 Å². The largest absolute Gasteiger partial charge is 0.450 e. The Labute approximate surface area is 145 Å². The zero-order valence-corrected chi connectivity index (χ0v) is 14.0. The lowest BCUT2D eigenvalue weighted by atomic mass is 10.1. The van der Waals surface area contributed by atoms with Gasteiger partial charge >= 0.3 is 12.7 Å². The normalized spacial score (nSPS) is 16.8. The molecule has 1 aromatic carbocycles. The van der Waals surface area contributed by atoms with Crippen LogP contribution in [0.3, 0.4) is 0 Å². The average Bonchev–Trinajstić information content (AvgIpc) is 3.02. The van der Waals surface area contributed by atoms with E-state index in [2.05, 4.69) is 10.1 Å². The molecule has 2 rings (SSSR count). The number of hydrogen-bond acceptors (Lipinski definition) is 4. The molecular weight excluding hydrogens is 334 g/mol. The molecule has 1 fully saturated rings. The molecule has 0 spiro atoms. The van der Waals surface area contributed by atoms with Crippen LogP contribution in [0.25, 0.3) is 0 Å². The van der Waals surface area contributed by atoms with Crippen LogP contribution in [0.2, 0.25) is 0 Å². The predicted octanol–water partition coefficient (Wildman–Crippen LogP) is 2.57. The molecule has 25 heavy (non-hydrogen) atoms. The molecule has 2 amide bonds. The highest BCUT2D eigenvalue weighted by Crippen LogP contribution is 2.16. The summed E-state index contributed by atoms with van der Waals surface area (Å²) in [5, 5.41) is 2.90. The summed E-state index contributed by atoms with van der Waals surface area (Å²) in [6.45, 7) is 0.240. The van der Waals surface area contributed by atoms with Crippen LogP contribution in [0, 0.1) is 0 Å². The van der Waals surface area contributed by atoms with Crippen molar-refractivity contribution in [3.8, 4) is 5.75 Å². The van der Waals surface area contributed by atoms with Gasteiger partial charge in [0.05, 0.1) is 6.61 Å². The van der Waals surface area contributed by atoms with Crippen LogP contribution in [0.1, 0.15) is 25.3 Å². The predicted molar refractivity (Wildman–Crippen MR) is 86.5 cm³/mol. The minimum atomic E-state index is -2.85. The third-order valence-corrected chi connectivity index (χ3v) is 3.87. The average molecular weight is 356 g/mol. The van der Waals surface area contributed by atoms with Crippen LogP contribution in [0.5, 0.6) is 5.75 Å². The number of carbonyl (C=O) groups is 2. The molecule has 1 aromatic rings. The van der Waals surface area contributed by atoms with Crippen molar-refractivity contribution in [3.05, 3.63) is 29.8 Å². The van der Waals surface area contributed by atoms with E-state index in [-0.39, 0.29) is 30.2 Å². The maximum absolute atomic E-state index is 12.1. The minimum absolute atomic E-state index is 0.0706. The topological polar surface area (TPSA) is 67.9 Å². The Morgan fingerprint density at radius 2 is 2.04 bits per heavy atom. The van der Waals surface area contributed by atoms with E-state index in [4.69, 9.17) is 4.74 Å². The standard InChI is InChI=1S/C17H22F2N2O4/c1-2-24-17(23)21-10-9-13(11-21)20-15(22)8-5-12-3-6-14(7-4-12)25-16(18)19/h3-4,6-7,13,16H,2,5,8-11H2,1H3,(H,20,22). The van der Waals surface area contributed by atoms with Crippen LogP contribution in [0.15, 0.2) is 24.3 Å². The fourth-order valence-corrected chi connectivity index (χ4v) is 2.65. The fraction of sp³-hybridized carbons (Fsp3) is 0.529. The zero-order valence-electron chi connectivity index (χ0n) is 14.0. The van der Waals surface area contributed by atoms with E-state index in [0.717, 1.165) is 5.56 Å². The van der Waals surface area contributed by atoms with Gasteiger partial charge in [-0.1, -0.05) is 12.1 Å². The van der Waals surface area contributed by atoms with Gasteiger partial charge in [-0.15, -0.1) is 0 Å². The van der Waals surface area contributed by atoms with Crippen LogP contribution < -0.4 is 10.1 Å². The number of rotatable bonds is 7. The van der Waals surface area contributed by atoms with E-state index >= 15 is 0 Å². The smallest absolute Gasteiger partial charge is 0.409 e. The number of benzene rings is 1. The van der Waals surface area contributed by atoms with Gasteiger partial charge < -0.3 is 19.7 Å². The van der Waals surface area contributed by atoms with Crippen LogP contribution in [-0.2, 0) is 16.0 Å². The van der Waals surface area contributed by atoms with E-state index in [1.54, 1.807) is 24.0 Å². The van der Waals surface area contributed by atoms with Crippen molar-refractivity contribution >= 4 is 12.0 Å². The number of nitrogens with zero attached hydrogens (tertiary/aromatic N) is 1. The van der Waals surface area contributed by atoms with Crippen molar-refractivity contribution in [2.45, 2.75) is 38.8 Å². The molecule has 1 aliphatic heterocycles. The van der Waals surface area contributed by atoms with Gasteiger partial charge in [-0.3, -0.25) is 4.79 Å². The van der Waals surface area contributed by atoms with Gasteiger partial charge in [0.2, 0.25) is 5.91 Å². The van der Waals surface area contributed by atoms with Crippen molar-refractivity contribution < 1.29 is 27.8 Å². The summed E-state index contributed by atoms with van der Waals surface area (Å²) in [5.74, 6) is -0.0168. The molecule has 1 unspecified atom stereocenters. The molecular formula is C17H22F2N2O4. The van der Waals surface area contributed by atoms with E-state index in [0.29, 0.717) is 32.5 Å². The molecule has 8 heteroatoms. The number of likely N-dealkylation sites (tertiary alicyclic amines) is 1. The third-order valence-electron chi connectivity index (χ3n) is 3.87. The summed E-state index contributed by atoms with van der Waals surface area (Å²) in [5.41, 5.74) is 0.858. The molecule has 1 aliphatic rings. The molecule has 0 aromatic heterocycles. The Kier molecular flexibility index (Phi) is 6.97. The fourth-order valence-electron chi connectivity index (χ4n) is 2.65. The molecule has 1 N–H and O–H groups in total. The van der Waals surface area contributed by atoms with Crippen molar-refractivity contribution in [3.63, 3.8) is 0 Å². The molecule has 138 valence electrons. The Morgan fingerprint density at radius 3 is 2.68 bits per heavy atom. The van der Waals surface area contributed by atoms with Gasteiger partial charge in [0.1, 0.15) is 5.75 Å². The molecule has 0 saturated carbocycles. The van der Waals surface area contributed by atoms with E-state index < -0.39 is 6.61 Å². The third kappa shape index (κ3) is 6.21. The molecule has 0 radical (unpaired) electrons. The van der Waals surface area contributed by atoms with E-state index in [1.807, 2.05) is 0 Å². The summed E-state index contributed by atoms with van der Waals surface area (Å²) in [7, 11) is 0. The Morgan fingerprint density at radius 1 is 1.32 bits per heavy atom. The van der Waals surface area contributed by atoms with Crippen molar-refractivity contribution in [1.29, 1.82) is 0 Å². The number of nitrogens with one attached hydrogen (secondary N) is 1. The zero-order chi connectivity index (χ0) is 18.2. The summed E-state index contributed by atoms with van der Waals surface area (Å²) in [6, 6.07) is 6.14. The number of ether oxygens (including phenoxy) is 2. The van der Waals surface area contributed by atoms with Gasteiger partial charge in [-0.2, -0.15) is 8.78 Å². The van der Waals surface area contributed by atoms with Crippen molar-refractivity contribution in [2.24, 2.45) is 0 Å². The first-order chi connectivity index (χ1) is 12.0. The molecule has 1 saturated heterocycles. The lowest BCUT2D eigenvalue weighted by molar-refractivity contribution is -0.121. The molecule has 0 bridgehead atoms. The first-order valence-electron chi connectivity index (χ1n) is 8.22. The minimum Gasteiger partial charge on any atom is -0.450 e. The lowest BCUT2D eigenvalue weighted by Crippen LogP contribution is -2.38. The summed E-state index contributed by atoms with van der Waals surface area (Å²) < 4.78 is 33.4. The quantitative estimate of drug-likeness (QED) is 0.815. The Balaban J connectivity index is 1.71. The summed E-state index contributed by atoms with van der Waals surface area (Å²) in [6.07, 6.45) is 1.12. The lowest BCUT2D eigenvalue weighted by Gasteiger charge is -2.16. The molecule has 0 aliphatic carbocycles. The highest BCUT2D eigenvalue weighted by molar-refractivity contribution is 5.77. The van der Waals surface area contributed by atoms with Crippen LogP contribution in [-0.4, -0.2) is 49.3 Å². The SMILES string of the molecule is CCOC(=O)N1CCC(NC(=O)CCc2ccc(OC(F)F)cc2)C1.